The SMILES string of the molecule is O=CC(CBr)CCOC1CCCC(CBr)C1. The molecule has 0 aromatic heterocycles. The number of rotatable bonds is 7. The van der Waals surface area contributed by atoms with Crippen LogP contribution >= 0.6 is 31.9 Å². The van der Waals surface area contributed by atoms with E-state index in [-0.39, 0.29) is 5.92 Å². The fourth-order valence-corrected chi connectivity index (χ4v) is 3.17. The number of aldehydes is 1. The van der Waals surface area contributed by atoms with Crippen molar-refractivity contribution in [3.63, 3.8) is 0 Å². The molecule has 94 valence electrons. The van der Waals surface area contributed by atoms with Crippen LogP contribution in [-0.2, 0) is 9.53 Å². The average molecular weight is 356 g/mol. The highest BCUT2D eigenvalue weighted by molar-refractivity contribution is 9.09. The molecule has 3 atom stereocenters. The van der Waals surface area contributed by atoms with Crippen LogP contribution < -0.4 is 0 Å². The maximum atomic E-state index is 10.6. The van der Waals surface area contributed by atoms with Crippen LogP contribution in [0.25, 0.3) is 0 Å². The van der Waals surface area contributed by atoms with Gasteiger partial charge in [-0.25, -0.2) is 0 Å². The van der Waals surface area contributed by atoms with Gasteiger partial charge in [-0.1, -0.05) is 38.3 Å². The fourth-order valence-electron chi connectivity index (χ4n) is 2.10. The van der Waals surface area contributed by atoms with Crippen molar-refractivity contribution in [1.29, 1.82) is 0 Å². The van der Waals surface area contributed by atoms with Crippen LogP contribution in [0.4, 0.5) is 0 Å². The molecule has 0 heterocycles. The van der Waals surface area contributed by atoms with Gasteiger partial charge in [0, 0.05) is 23.2 Å². The number of halogens is 2. The quantitative estimate of drug-likeness (QED) is 0.515. The zero-order chi connectivity index (χ0) is 11.8. The lowest BCUT2D eigenvalue weighted by Gasteiger charge is -2.28. The van der Waals surface area contributed by atoms with E-state index >= 15 is 0 Å². The van der Waals surface area contributed by atoms with Crippen molar-refractivity contribution in [2.24, 2.45) is 11.8 Å². The third-order valence-corrected chi connectivity index (χ3v) is 4.93. The minimum absolute atomic E-state index is 0.107. The van der Waals surface area contributed by atoms with E-state index in [1.54, 1.807) is 0 Å². The normalized spacial score (nSPS) is 27.6. The predicted octanol–water partition coefficient (Wildman–Crippen LogP) is 3.56. The Morgan fingerprint density at radius 1 is 1.38 bits per heavy atom. The number of alkyl halides is 2. The smallest absolute Gasteiger partial charge is 0.123 e. The number of carbonyl (C=O) groups is 1. The minimum Gasteiger partial charge on any atom is -0.378 e. The standard InChI is InChI=1S/C12H20Br2O2/c13-7-10-2-1-3-12(6-10)16-5-4-11(8-14)9-15/h9-12H,1-8H2. The average Bonchev–Trinajstić information content (AvgIpc) is 2.35. The highest BCUT2D eigenvalue weighted by Crippen LogP contribution is 2.27. The molecule has 1 aliphatic carbocycles. The van der Waals surface area contributed by atoms with E-state index in [2.05, 4.69) is 31.9 Å². The summed E-state index contributed by atoms with van der Waals surface area (Å²) in [5, 5.41) is 1.83. The van der Waals surface area contributed by atoms with Gasteiger partial charge in [-0.3, -0.25) is 0 Å². The number of carbonyl (C=O) groups excluding carboxylic acids is 1. The fraction of sp³-hybridized carbons (Fsp3) is 0.917. The van der Waals surface area contributed by atoms with Crippen LogP contribution in [0.3, 0.4) is 0 Å². The zero-order valence-corrected chi connectivity index (χ0v) is 12.7. The Hall–Kier alpha value is 0.590. The summed E-state index contributed by atoms with van der Waals surface area (Å²) >= 11 is 6.87. The van der Waals surface area contributed by atoms with Crippen LogP contribution in [0.15, 0.2) is 0 Å². The Morgan fingerprint density at radius 3 is 2.81 bits per heavy atom. The molecular weight excluding hydrogens is 336 g/mol. The van der Waals surface area contributed by atoms with Crippen molar-refractivity contribution >= 4 is 38.1 Å². The molecule has 0 aromatic rings. The minimum atomic E-state index is 0.107. The number of ether oxygens (including phenoxy) is 1. The Kier molecular flexibility index (Phi) is 7.92. The van der Waals surface area contributed by atoms with Gasteiger partial charge in [-0.2, -0.15) is 0 Å². The third-order valence-electron chi connectivity index (χ3n) is 3.19. The summed E-state index contributed by atoms with van der Waals surface area (Å²) in [6.07, 6.45) is 7.22. The molecule has 1 rings (SSSR count). The van der Waals surface area contributed by atoms with Crippen LogP contribution in [0.2, 0.25) is 0 Å². The monoisotopic (exact) mass is 354 g/mol. The summed E-state index contributed by atoms with van der Waals surface area (Å²) in [5.41, 5.74) is 0. The van der Waals surface area contributed by atoms with Gasteiger partial charge in [-0.05, 0) is 31.6 Å². The predicted molar refractivity (Wildman–Crippen MR) is 73.5 cm³/mol. The first-order chi connectivity index (χ1) is 7.80. The lowest BCUT2D eigenvalue weighted by molar-refractivity contribution is -0.111. The Morgan fingerprint density at radius 2 is 2.19 bits per heavy atom. The lowest BCUT2D eigenvalue weighted by Crippen LogP contribution is -2.24. The van der Waals surface area contributed by atoms with Crippen LogP contribution in [-0.4, -0.2) is 29.7 Å². The molecule has 16 heavy (non-hydrogen) atoms. The molecule has 0 amide bonds. The first-order valence-corrected chi connectivity index (χ1v) is 8.23. The van der Waals surface area contributed by atoms with E-state index in [0.717, 1.165) is 29.3 Å². The summed E-state index contributed by atoms with van der Waals surface area (Å²) in [5.74, 6) is 0.882. The zero-order valence-electron chi connectivity index (χ0n) is 9.54. The third kappa shape index (κ3) is 5.28. The highest BCUT2D eigenvalue weighted by Gasteiger charge is 2.21. The molecule has 0 bridgehead atoms. The van der Waals surface area contributed by atoms with Crippen molar-refractivity contribution < 1.29 is 9.53 Å². The topological polar surface area (TPSA) is 26.3 Å². The molecule has 2 nitrogen and oxygen atoms in total. The van der Waals surface area contributed by atoms with Crippen molar-refractivity contribution in [2.75, 3.05) is 17.3 Å². The Bertz CT molecular complexity index is 199. The van der Waals surface area contributed by atoms with Gasteiger partial charge in [0.05, 0.1) is 6.10 Å². The largest absolute Gasteiger partial charge is 0.378 e. The van der Waals surface area contributed by atoms with Gasteiger partial charge in [0.1, 0.15) is 6.29 Å². The molecule has 0 N–H and O–H groups in total. The molecule has 0 spiro atoms. The molecule has 0 radical (unpaired) electrons. The van der Waals surface area contributed by atoms with Crippen molar-refractivity contribution in [2.45, 2.75) is 38.2 Å². The van der Waals surface area contributed by atoms with Gasteiger partial charge < -0.3 is 9.53 Å². The molecule has 1 aliphatic rings. The second kappa shape index (κ2) is 8.65. The highest BCUT2D eigenvalue weighted by atomic mass is 79.9. The maximum absolute atomic E-state index is 10.6. The summed E-state index contributed by atoms with van der Waals surface area (Å²) in [4.78, 5) is 10.6. The van der Waals surface area contributed by atoms with E-state index < -0.39 is 0 Å². The van der Waals surface area contributed by atoms with Crippen LogP contribution in [0, 0.1) is 11.8 Å². The van der Waals surface area contributed by atoms with Gasteiger partial charge in [0.15, 0.2) is 0 Å². The van der Waals surface area contributed by atoms with E-state index in [1.807, 2.05) is 0 Å². The molecule has 1 fully saturated rings. The number of hydrogen-bond acceptors (Lipinski definition) is 2. The van der Waals surface area contributed by atoms with E-state index in [1.165, 1.54) is 25.7 Å². The van der Waals surface area contributed by atoms with E-state index in [4.69, 9.17) is 4.74 Å². The van der Waals surface area contributed by atoms with Crippen molar-refractivity contribution in [3.8, 4) is 0 Å². The van der Waals surface area contributed by atoms with Gasteiger partial charge in [-0.15, -0.1) is 0 Å². The molecular formula is C12H20Br2O2. The molecule has 0 aliphatic heterocycles. The summed E-state index contributed by atoms with van der Waals surface area (Å²) in [7, 11) is 0. The second-order valence-electron chi connectivity index (χ2n) is 4.52. The summed E-state index contributed by atoms with van der Waals surface area (Å²) < 4.78 is 5.85. The van der Waals surface area contributed by atoms with Crippen LogP contribution in [0.5, 0.6) is 0 Å². The first kappa shape index (κ1) is 14.7. The number of hydrogen-bond donors (Lipinski definition) is 0. The van der Waals surface area contributed by atoms with E-state index in [0.29, 0.717) is 12.7 Å². The Labute approximate surface area is 115 Å². The van der Waals surface area contributed by atoms with E-state index in [9.17, 15) is 4.79 Å². The van der Waals surface area contributed by atoms with Crippen molar-refractivity contribution in [1.82, 2.24) is 0 Å². The van der Waals surface area contributed by atoms with Gasteiger partial charge in [0.25, 0.3) is 0 Å². The maximum Gasteiger partial charge on any atom is 0.123 e. The van der Waals surface area contributed by atoms with Crippen molar-refractivity contribution in [3.05, 3.63) is 0 Å². The second-order valence-corrected chi connectivity index (χ2v) is 5.81. The molecule has 0 saturated heterocycles. The molecule has 4 heteroatoms. The molecule has 1 saturated carbocycles. The molecule has 3 unspecified atom stereocenters. The van der Waals surface area contributed by atoms with Gasteiger partial charge >= 0.3 is 0 Å². The summed E-state index contributed by atoms with van der Waals surface area (Å²) in [6.45, 7) is 0.717. The molecule has 0 aromatic carbocycles. The van der Waals surface area contributed by atoms with Gasteiger partial charge in [0.2, 0.25) is 0 Å². The lowest BCUT2D eigenvalue weighted by atomic mass is 9.88. The van der Waals surface area contributed by atoms with Crippen LogP contribution in [0.1, 0.15) is 32.1 Å². The summed E-state index contributed by atoms with van der Waals surface area (Å²) in [6, 6.07) is 0. The first-order valence-electron chi connectivity index (χ1n) is 5.99. The Balaban J connectivity index is 2.14.